The fourth-order valence-electron chi connectivity index (χ4n) is 2.12. The second-order valence-corrected chi connectivity index (χ2v) is 5.70. The molecule has 0 amide bonds. The Labute approximate surface area is 136 Å². The number of benzene rings is 2. The zero-order valence-electron chi connectivity index (χ0n) is 12.5. The fourth-order valence-corrected chi connectivity index (χ4v) is 3.03. The zero-order chi connectivity index (χ0) is 16.4. The lowest BCUT2D eigenvalue weighted by Gasteiger charge is -2.08. The second-order valence-electron chi connectivity index (χ2n) is 4.67. The Kier molecular flexibility index (Phi) is 4.03. The van der Waals surface area contributed by atoms with E-state index in [4.69, 9.17) is 4.74 Å². The van der Waals surface area contributed by atoms with Gasteiger partial charge < -0.3 is 19.9 Å². The van der Waals surface area contributed by atoms with Gasteiger partial charge in [-0.25, -0.2) is 9.78 Å². The first-order valence-corrected chi connectivity index (χ1v) is 7.56. The van der Waals surface area contributed by atoms with E-state index in [1.54, 1.807) is 19.2 Å². The summed E-state index contributed by atoms with van der Waals surface area (Å²) in [5.41, 5.74) is 1.31. The smallest absolute Gasteiger partial charge is 0.341 e. The summed E-state index contributed by atoms with van der Waals surface area (Å²) in [6.07, 6.45) is 0. The van der Waals surface area contributed by atoms with Gasteiger partial charge in [-0.3, -0.25) is 0 Å². The van der Waals surface area contributed by atoms with E-state index in [9.17, 15) is 9.90 Å². The van der Waals surface area contributed by atoms with Gasteiger partial charge in [-0.1, -0.05) is 17.4 Å². The number of phenols is 1. The predicted molar refractivity (Wildman–Crippen MR) is 88.9 cm³/mol. The summed E-state index contributed by atoms with van der Waals surface area (Å²) in [6, 6.07) is 10.4. The molecule has 3 aromatic rings. The molecule has 0 bridgehead atoms. The number of methoxy groups -OCH3 is 2. The summed E-state index contributed by atoms with van der Waals surface area (Å²) >= 11 is 1.42. The minimum atomic E-state index is -0.597. The molecule has 0 atom stereocenters. The summed E-state index contributed by atoms with van der Waals surface area (Å²) in [7, 11) is 2.88. The lowest BCUT2D eigenvalue weighted by Crippen LogP contribution is -2.02. The topological polar surface area (TPSA) is 80.7 Å². The van der Waals surface area contributed by atoms with Crippen LogP contribution in [0.4, 0.5) is 10.8 Å². The van der Waals surface area contributed by atoms with Crippen LogP contribution in [0.25, 0.3) is 10.2 Å². The van der Waals surface area contributed by atoms with Crippen LogP contribution in [0, 0.1) is 0 Å². The Morgan fingerprint density at radius 2 is 2.09 bits per heavy atom. The summed E-state index contributed by atoms with van der Waals surface area (Å²) in [5, 5.41) is 13.8. The number of nitrogens with zero attached hydrogens (tertiary/aromatic N) is 1. The molecule has 1 heterocycles. The second kappa shape index (κ2) is 6.13. The number of aromatic hydroxyl groups is 1. The molecule has 0 aliphatic rings. The molecule has 7 heteroatoms. The molecule has 0 saturated heterocycles. The van der Waals surface area contributed by atoms with Gasteiger partial charge in [-0.15, -0.1) is 0 Å². The van der Waals surface area contributed by atoms with Gasteiger partial charge in [0.05, 0.1) is 30.1 Å². The summed E-state index contributed by atoms with van der Waals surface area (Å²) in [6.45, 7) is 0. The van der Waals surface area contributed by atoms with Gasteiger partial charge >= 0.3 is 5.97 Å². The number of rotatable bonds is 4. The Hall–Kier alpha value is -2.80. The van der Waals surface area contributed by atoms with E-state index in [0.29, 0.717) is 10.8 Å². The molecule has 2 N–H and O–H groups in total. The van der Waals surface area contributed by atoms with E-state index in [1.807, 2.05) is 18.2 Å². The van der Waals surface area contributed by atoms with Gasteiger partial charge in [0.15, 0.2) is 10.9 Å². The Morgan fingerprint density at radius 1 is 1.26 bits per heavy atom. The highest BCUT2D eigenvalue weighted by Gasteiger charge is 2.15. The van der Waals surface area contributed by atoms with Crippen LogP contribution in [0.2, 0.25) is 0 Å². The van der Waals surface area contributed by atoms with E-state index >= 15 is 0 Å². The van der Waals surface area contributed by atoms with Crippen LogP contribution in [0.3, 0.4) is 0 Å². The number of carbonyl (C=O) groups is 1. The number of para-hydroxylation sites is 1. The van der Waals surface area contributed by atoms with Gasteiger partial charge in [0.1, 0.15) is 11.3 Å². The van der Waals surface area contributed by atoms with E-state index < -0.39 is 5.97 Å². The van der Waals surface area contributed by atoms with Gasteiger partial charge in [0.25, 0.3) is 0 Å². The summed E-state index contributed by atoms with van der Waals surface area (Å²) < 4.78 is 10.8. The van der Waals surface area contributed by atoms with Crippen molar-refractivity contribution in [3.05, 3.63) is 42.0 Å². The van der Waals surface area contributed by atoms with Crippen molar-refractivity contribution in [2.24, 2.45) is 0 Å². The number of hydrogen-bond donors (Lipinski definition) is 2. The van der Waals surface area contributed by atoms with Gasteiger partial charge in [0, 0.05) is 0 Å². The molecule has 0 fully saturated rings. The molecule has 0 radical (unpaired) electrons. The molecular weight excluding hydrogens is 316 g/mol. The van der Waals surface area contributed by atoms with Crippen LogP contribution in [0.1, 0.15) is 10.4 Å². The van der Waals surface area contributed by atoms with E-state index in [1.165, 1.54) is 24.5 Å². The minimum Gasteiger partial charge on any atom is -0.505 e. The van der Waals surface area contributed by atoms with Crippen LogP contribution < -0.4 is 10.1 Å². The first-order chi connectivity index (χ1) is 11.1. The Balaban J connectivity index is 1.94. The lowest BCUT2D eigenvalue weighted by molar-refractivity contribution is 0.0597. The molecule has 0 unspecified atom stereocenters. The maximum Gasteiger partial charge on any atom is 0.341 e. The van der Waals surface area contributed by atoms with E-state index in [2.05, 4.69) is 15.0 Å². The minimum absolute atomic E-state index is 0.0975. The van der Waals surface area contributed by atoms with Gasteiger partial charge in [0.2, 0.25) is 0 Å². The number of anilines is 2. The normalized spacial score (nSPS) is 10.5. The van der Waals surface area contributed by atoms with Crippen molar-refractivity contribution in [2.75, 3.05) is 19.5 Å². The number of carbonyl (C=O) groups excluding carboxylic acids is 1. The van der Waals surface area contributed by atoms with E-state index in [0.717, 1.165) is 16.0 Å². The molecule has 2 aromatic carbocycles. The predicted octanol–water partition coefficient (Wildman–Crippen LogP) is 3.54. The van der Waals surface area contributed by atoms with Crippen LogP contribution in [-0.4, -0.2) is 30.3 Å². The van der Waals surface area contributed by atoms with Crippen LogP contribution in [-0.2, 0) is 4.74 Å². The number of ether oxygens (including phenoxy) is 2. The quantitative estimate of drug-likeness (QED) is 0.562. The Morgan fingerprint density at radius 3 is 2.83 bits per heavy atom. The third kappa shape index (κ3) is 2.91. The number of fused-ring (bicyclic) bond motifs is 1. The first kappa shape index (κ1) is 15.1. The molecule has 0 aliphatic carbocycles. The standard InChI is InChI=1S/C16H14N2O4S/c1-21-9-6-7-11-13(8-9)23-16(17-11)18-12-5-3-4-10(14(12)19)15(20)22-2/h3-8,19H,1-2H3,(H,17,18). The fraction of sp³-hybridized carbons (Fsp3) is 0.125. The lowest BCUT2D eigenvalue weighted by atomic mass is 10.1. The van der Waals surface area contributed by atoms with Crippen molar-refractivity contribution >= 4 is 38.3 Å². The highest BCUT2D eigenvalue weighted by molar-refractivity contribution is 7.22. The number of phenolic OH excluding ortho intramolecular Hbond substituents is 1. The summed E-state index contributed by atoms with van der Waals surface area (Å²) in [5.74, 6) is -0.0143. The molecule has 3 rings (SSSR count). The maximum atomic E-state index is 11.6. The average molecular weight is 330 g/mol. The third-order valence-corrected chi connectivity index (χ3v) is 4.21. The largest absolute Gasteiger partial charge is 0.505 e. The van der Waals surface area contributed by atoms with E-state index in [-0.39, 0.29) is 11.3 Å². The van der Waals surface area contributed by atoms with Crippen molar-refractivity contribution in [3.63, 3.8) is 0 Å². The van der Waals surface area contributed by atoms with Crippen molar-refractivity contribution in [2.45, 2.75) is 0 Å². The number of thiazole rings is 1. The van der Waals surface area contributed by atoms with Crippen molar-refractivity contribution < 1.29 is 19.4 Å². The average Bonchev–Trinajstić information content (AvgIpc) is 2.97. The maximum absolute atomic E-state index is 11.6. The molecule has 0 saturated carbocycles. The van der Waals surface area contributed by atoms with Crippen LogP contribution >= 0.6 is 11.3 Å². The SMILES string of the molecule is COC(=O)c1cccc(Nc2nc3ccc(OC)cc3s2)c1O. The zero-order valence-corrected chi connectivity index (χ0v) is 13.3. The molecule has 118 valence electrons. The molecule has 6 nitrogen and oxygen atoms in total. The monoisotopic (exact) mass is 330 g/mol. The number of hydrogen-bond acceptors (Lipinski definition) is 7. The molecule has 0 spiro atoms. The number of aromatic nitrogens is 1. The van der Waals surface area contributed by atoms with Gasteiger partial charge in [-0.05, 0) is 30.3 Å². The highest BCUT2D eigenvalue weighted by Crippen LogP contribution is 2.34. The van der Waals surface area contributed by atoms with Crippen molar-refractivity contribution in [1.82, 2.24) is 4.98 Å². The van der Waals surface area contributed by atoms with Gasteiger partial charge in [-0.2, -0.15) is 0 Å². The van der Waals surface area contributed by atoms with Crippen LogP contribution in [0.5, 0.6) is 11.5 Å². The molecule has 1 aromatic heterocycles. The van der Waals surface area contributed by atoms with Crippen molar-refractivity contribution in [3.8, 4) is 11.5 Å². The van der Waals surface area contributed by atoms with Crippen molar-refractivity contribution in [1.29, 1.82) is 0 Å². The van der Waals surface area contributed by atoms with Crippen LogP contribution in [0.15, 0.2) is 36.4 Å². The first-order valence-electron chi connectivity index (χ1n) is 6.74. The number of nitrogens with one attached hydrogen (secondary N) is 1. The third-order valence-electron chi connectivity index (χ3n) is 3.28. The summed E-state index contributed by atoms with van der Waals surface area (Å²) in [4.78, 5) is 16.1. The Bertz CT molecular complexity index is 876. The molecular formula is C16H14N2O4S. The number of esters is 1. The molecule has 23 heavy (non-hydrogen) atoms. The molecule has 0 aliphatic heterocycles. The highest BCUT2D eigenvalue weighted by atomic mass is 32.1.